The molecule has 7 heteroatoms. The first-order chi connectivity index (χ1) is 13.5. The van der Waals surface area contributed by atoms with Gasteiger partial charge in [-0.25, -0.2) is 0 Å². The smallest absolute Gasteiger partial charge is 0.225 e. The second kappa shape index (κ2) is 8.42. The van der Waals surface area contributed by atoms with Crippen molar-refractivity contribution in [3.8, 4) is 18.1 Å². The monoisotopic (exact) mass is 382 g/mol. The Morgan fingerprint density at radius 1 is 1.36 bits per heavy atom. The summed E-state index contributed by atoms with van der Waals surface area (Å²) in [6.07, 6.45) is 8.20. The molecule has 0 aliphatic carbocycles. The lowest BCUT2D eigenvalue weighted by atomic mass is 9.84. The summed E-state index contributed by atoms with van der Waals surface area (Å²) in [5.41, 5.74) is 0.517. The molecule has 148 valence electrons. The minimum atomic E-state index is -0.408. The third kappa shape index (κ3) is 4.33. The normalized spacial score (nSPS) is 22.5. The number of rotatable bonds is 8. The van der Waals surface area contributed by atoms with Crippen LogP contribution in [0.15, 0.2) is 34.5 Å². The molecule has 0 radical (unpaired) electrons. The van der Waals surface area contributed by atoms with E-state index in [1.165, 1.54) is 0 Å². The van der Waals surface area contributed by atoms with Gasteiger partial charge in [-0.2, -0.15) is 10.2 Å². The Morgan fingerprint density at radius 3 is 2.68 bits per heavy atom. The number of amides is 2. The van der Waals surface area contributed by atoms with Gasteiger partial charge in [-0.15, -0.1) is 12.3 Å². The van der Waals surface area contributed by atoms with Crippen LogP contribution in [0.25, 0.3) is 0 Å². The van der Waals surface area contributed by atoms with E-state index in [0.29, 0.717) is 38.6 Å². The summed E-state index contributed by atoms with van der Waals surface area (Å²) in [7, 11) is 3.36. The first-order valence-electron chi connectivity index (χ1n) is 9.54. The fourth-order valence-electron chi connectivity index (χ4n) is 3.75. The van der Waals surface area contributed by atoms with Gasteiger partial charge in [0.05, 0.1) is 19.1 Å². The fraction of sp³-hybridized carbons (Fsp3) is 0.524. The zero-order valence-electron chi connectivity index (χ0n) is 16.4. The highest BCUT2D eigenvalue weighted by molar-refractivity contribution is 5.84. The van der Waals surface area contributed by atoms with E-state index in [1.807, 2.05) is 24.3 Å². The standard InChI is InChI=1S/C21H26N4O3/c1-4-5-12-21(23-24-21)13-14-22-20(27)17-10-11-18(26)25(2)19(17)15-6-8-16(28-3)9-7-15/h1,6-9,17,19H,5,10-14H2,2-3H3,(H,22,27). The number of ether oxygens (including phenoxy) is 1. The van der Waals surface area contributed by atoms with Crippen LogP contribution in [0.3, 0.4) is 0 Å². The van der Waals surface area contributed by atoms with Gasteiger partial charge in [0.15, 0.2) is 5.66 Å². The summed E-state index contributed by atoms with van der Waals surface area (Å²) in [5.74, 6) is 3.04. The van der Waals surface area contributed by atoms with Crippen LogP contribution >= 0.6 is 0 Å². The van der Waals surface area contributed by atoms with Crippen molar-refractivity contribution in [3.05, 3.63) is 29.8 Å². The van der Waals surface area contributed by atoms with Gasteiger partial charge in [0.1, 0.15) is 5.75 Å². The third-order valence-electron chi connectivity index (χ3n) is 5.53. The third-order valence-corrected chi connectivity index (χ3v) is 5.53. The number of piperidine rings is 1. The quantitative estimate of drug-likeness (QED) is 0.702. The zero-order chi connectivity index (χ0) is 20.1. The molecule has 1 aromatic carbocycles. The number of likely N-dealkylation sites (tertiary alicyclic amines) is 1. The second-order valence-electron chi connectivity index (χ2n) is 7.30. The highest BCUT2D eigenvalue weighted by Gasteiger charge is 2.41. The van der Waals surface area contributed by atoms with E-state index in [9.17, 15) is 9.59 Å². The lowest BCUT2D eigenvalue weighted by Crippen LogP contribution is -2.46. The van der Waals surface area contributed by atoms with Crippen LogP contribution in [0.4, 0.5) is 0 Å². The number of nitrogens with one attached hydrogen (secondary N) is 1. The molecule has 1 aromatic rings. The Kier molecular flexibility index (Phi) is 5.98. The molecule has 3 rings (SSSR count). The number of methoxy groups -OCH3 is 1. The first kappa shape index (κ1) is 19.9. The van der Waals surface area contributed by atoms with Crippen molar-refractivity contribution in [2.24, 2.45) is 16.1 Å². The minimum Gasteiger partial charge on any atom is -0.497 e. The van der Waals surface area contributed by atoms with Gasteiger partial charge in [-0.1, -0.05) is 12.1 Å². The van der Waals surface area contributed by atoms with E-state index in [-0.39, 0.29) is 23.8 Å². The summed E-state index contributed by atoms with van der Waals surface area (Å²) >= 11 is 0. The van der Waals surface area contributed by atoms with Crippen LogP contribution in [0, 0.1) is 18.3 Å². The number of hydrogen-bond acceptors (Lipinski definition) is 5. The average Bonchev–Trinajstić information content (AvgIpc) is 3.48. The van der Waals surface area contributed by atoms with Crippen molar-refractivity contribution >= 4 is 11.8 Å². The maximum Gasteiger partial charge on any atom is 0.225 e. The molecular weight excluding hydrogens is 356 g/mol. The molecule has 2 aliphatic rings. The maximum atomic E-state index is 12.9. The van der Waals surface area contributed by atoms with Gasteiger partial charge in [0.25, 0.3) is 0 Å². The van der Waals surface area contributed by atoms with Crippen LogP contribution in [0.5, 0.6) is 5.75 Å². The molecule has 2 heterocycles. The van der Waals surface area contributed by atoms with Gasteiger partial charge < -0.3 is 15.0 Å². The van der Waals surface area contributed by atoms with E-state index in [0.717, 1.165) is 11.3 Å². The minimum absolute atomic E-state index is 0.0482. The van der Waals surface area contributed by atoms with E-state index >= 15 is 0 Å². The van der Waals surface area contributed by atoms with Crippen molar-refractivity contribution in [2.75, 3.05) is 20.7 Å². The van der Waals surface area contributed by atoms with Crippen LogP contribution in [-0.2, 0) is 9.59 Å². The molecule has 0 saturated carbocycles. The van der Waals surface area contributed by atoms with E-state index in [2.05, 4.69) is 21.5 Å². The molecule has 1 fully saturated rings. The topological polar surface area (TPSA) is 83.4 Å². The molecule has 28 heavy (non-hydrogen) atoms. The van der Waals surface area contributed by atoms with Crippen LogP contribution in [0.1, 0.15) is 43.7 Å². The second-order valence-corrected chi connectivity index (χ2v) is 7.30. The number of carbonyl (C=O) groups excluding carboxylic acids is 2. The molecule has 0 bridgehead atoms. The highest BCUT2D eigenvalue weighted by Crippen LogP contribution is 2.38. The van der Waals surface area contributed by atoms with Crippen molar-refractivity contribution in [2.45, 2.75) is 43.8 Å². The molecule has 2 atom stereocenters. The molecule has 0 aromatic heterocycles. The van der Waals surface area contributed by atoms with Gasteiger partial charge in [0, 0.05) is 39.3 Å². The molecular formula is C21H26N4O3. The lowest BCUT2D eigenvalue weighted by molar-refractivity contribution is -0.141. The Balaban J connectivity index is 1.64. The molecule has 1 saturated heterocycles. The van der Waals surface area contributed by atoms with Crippen LogP contribution < -0.4 is 10.1 Å². The van der Waals surface area contributed by atoms with Gasteiger partial charge in [-0.3, -0.25) is 9.59 Å². The maximum absolute atomic E-state index is 12.9. The molecule has 0 spiro atoms. The molecule has 2 aliphatic heterocycles. The molecule has 2 unspecified atom stereocenters. The predicted octanol–water partition coefficient (Wildman–Crippen LogP) is 2.69. The van der Waals surface area contributed by atoms with Crippen LogP contribution in [-0.4, -0.2) is 43.1 Å². The Morgan fingerprint density at radius 2 is 2.07 bits per heavy atom. The van der Waals surface area contributed by atoms with Gasteiger partial charge in [0.2, 0.25) is 11.8 Å². The predicted molar refractivity (Wildman–Crippen MR) is 105 cm³/mol. The van der Waals surface area contributed by atoms with E-state index in [1.54, 1.807) is 19.1 Å². The fourth-order valence-corrected chi connectivity index (χ4v) is 3.75. The number of terminal acetylenes is 1. The summed E-state index contributed by atoms with van der Waals surface area (Å²) in [6, 6.07) is 7.23. The number of benzene rings is 1. The molecule has 7 nitrogen and oxygen atoms in total. The van der Waals surface area contributed by atoms with Crippen molar-refractivity contribution in [1.29, 1.82) is 0 Å². The number of nitrogens with zero attached hydrogens (tertiary/aromatic N) is 3. The Bertz CT molecular complexity index is 791. The largest absolute Gasteiger partial charge is 0.497 e. The zero-order valence-corrected chi connectivity index (χ0v) is 16.4. The summed E-state index contributed by atoms with van der Waals surface area (Å²) in [5, 5.41) is 11.2. The Labute approximate surface area is 165 Å². The van der Waals surface area contributed by atoms with Crippen LogP contribution in [0.2, 0.25) is 0 Å². The number of carbonyl (C=O) groups is 2. The van der Waals surface area contributed by atoms with E-state index in [4.69, 9.17) is 11.2 Å². The van der Waals surface area contributed by atoms with E-state index < -0.39 is 5.66 Å². The highest BCUT2D eigenvalue weighted by atomic mass is 16.5. The van der Waals surface area contributed by atoms with Crippen molar-refractivity contribution < 1.29 is 14.3 Å². The number of hydrogen-bond donors (Lipinski definition) is 1. The average molecular weight is 382 g/mol. The SMILES string of the molecule is C#CCCC1(CCNC(=O)C2CCC(=O)N(C)C2c2ccc(OC)cc2)N=N1. The molecule has 1 N–H and O–H groups in total. The van der Waals surface area contributed by atoms with Crippen molar-refractivity contribution in [3.63, 3.8) is 0 Å². The van der Waals surface area contributed by atoms with Crippen molar-refractivity contribution in [1.82, 2.24) is 10.2 Å². The summed E-state index contributed by atoms with van der Waals surface area (Å²) in [6.45, 7) is 0.486. The molecule has 2 amide bonds. The Hall–Kier alpha value is -2.88. The van der Waals surface area contributed by atoms with Gasteiger partial charge in [-0.05, 0) is 24.1 Å². The lowest BCUT2D eigenvalue weighted by Gasteiger charge is -2.38. The summed E-state index contributed by atoms with van der Waals surface area (Å²) in [4.78, 5) is 26.8. The first-order valence-corrected chi connectivity index (χ1v) is 9.54. The summed E-state index contributed by atoms with van der Waals surface area (Å²) < 4.78 is 5.21. The van der Waals surface area contributed by atoms with Gasteiger partial charge >= 0.3 is 0 Å².